The number of aliphatic imine (C=N–C) groups is 1. The van der Waals surface area contributed by atoms with Gasteiger partial charge in [-0.3, -0.25) is 0 Å². The van der Waals surface area contributed by atoms with E-state index in [1.165, 1.54) is 27.6 Å². The standard InChI is InChI=1S/C29H28NOPS/c1-20-26(23-16-10-5-11-17-23)32(33)19-29(20,2)25(22-14-8-4-9-15-22)27(32)28-30-24(18-31-28)21-12-6-3-7-13-21/h3-17,24-25,27H,18-19H2,1-2H3/t24?,25-,27-,29-,32+/m1/s1. The number of hydrogen-bond acceptors (Lipinski definition) is 3. The first-order valence-corrected chi connectivity index (χ1v) is 14.7. The Morgan fingerprint density at radius 1 is 0.879 bits per heavy atom. The van der Waals surface area contributed by atoms with Gasteiger partial charge in [-0.25, -0.2) is 4.99 Å². The molecule has 1 fully saturated rings. The van der Waals surface area contributed by atoms with Crippen molar-refractivity contribution in [2.75, 3.05) is 12.8 Å². The molecule has 4 heteroatoms. The summed E-state index contributed by atoms with van der Waals surface area (Å²) >= 11 is 6.75. The van der Waals surface area contributed by atoms with E-state index >= 15 is 0 Å². The average Bonchev–Trinajstić information content (AvgIpc) is 3.47. The van der Waals surface area contributed by atoms with Gasteiger partial charge in [0.1, 0.15) is 12.6 Å². The number of benzene rings is 3. The van der Waals surface area contributed by atoms with Crippen LogP contribution in [0.5, 0.6) is 0 Å². The van der Waals surface area contributed by atoms with Crippen molar-refractivity contribution in [2.45, 2.75) is 31.5 Å². The molecular formula is C29H28NOPS. The molecule has 0 N–H and O–H groups in total. The van der Waals surface area contributed by atoms with Crippen molar-refractivity contribution < 1.29 is 4.74 Å². The van der Waals surface area contributed by atoms with Crippen LogP contribution in [0.3, 0.4) is 0 Å². The molecule has 0 spiro atoms. The molecule has 0 saturated carbocycles. The molecule has 0 aliphatic carbocycles. The lowest BCUT2D eigenvalue weighted by Gasteiger charge is -2.39. The van der Waals surface area contributed by atoms with Crippen molar-refractivity contribution in [3.05, 3.63) is 113 Å². The van der Waals surface area contributed by atoms with Crippen molar-refractivity contribution in [1.82, 2.24) is 0 Å². The Balaban J connectivity index is 1.52. The second-order valence-corrected chi connectivity index (χ2v) is 14.6. The van der Waals surface area contributed by atoms with E-state index in [0.717, 1.165) is 12.1 Å². The molecule has 0 aromatic heterocycles. The third-order valence-corrected chi connectivity index (χ3v) is 13.4. The predicted molar refractivity (Wildman–Crippen MR) is 142 cm³/mol. The summed E-state index contributed by atoms with van der Waals surface area (Å²) in [6.07, 6.45) is 1.05. The molecule has 2 bridgehead atoms. The molecule has 166 valence electrons. The number of ether oxygens (including phenoxy) is 1. The number of nitrogens with zero attached hydrogens (tertiary/aromatic N) is 1. The minimum absolute atomic E-state index is 0.0173. The Hall–Kier alpha value is -2.48. The zero-order chi connectivity index (χ0) is 22.6. The van der Waals surface area contributed by atoms with Crippen LogP contribution in [0.4, 0.5) is 0 Å². The minimum atomic E-state index is -1.97. The molecule has 2 nitrogen and oxygen atoms in total. The van der Waals surface area contributed by atoms with Gasteiger partial charge in [0.2, 0.25) is 0 Å². The first-order chi connectivity index (χ1) is 16.0. The van der Waals surface area contributed by atoms with E-state index in [9.17, 15) is 0 Å². The van der Waals surface area contributed by atoms with Crippen LogP contribution in [-0.4, -0.2) is 24.3 Å². The highest BCUT2D eigenvalue weighted by atomic mass is 32.4. The van der Waals surface area contributed by atoms with Crippen molar-refractivity contribution in [1.29, 1.82) is 0 Å². The van der Waals surface area contributed by atoms with Gasteiger partial charge in [0, 0.05) is 11.3 Å². The van der Waals surface area contributed by atoms with Gasteiger partial charge < -0.3 is 4.74 Å². The molecule has 33 heavy (non-hydrogen) atoms. The number of allylic oxidation sites excluding steroid dienone is 1. The van der Waals surface area contributed by atoms with Crippen LogP contribution < -0.4 is 0 Å². The molecule has 6 rings (SSSR count). The van der Waals surface area contributed by atoms with Gasteiger partial charge in [0.25, 0.3) is 0 Å². The molecule has 1 saturated heterocycles. The average molecular weight is 470 g/mol. The summed E-state index contributed by atoms with van der Waals surface area (Å²) in [4.78, 5) is 5.20. The largest absolute Gasteiger partial charge is 0.478 e. The van der Waals surface area contributed by atoms with Crippen LogP contribution in [0.25, 0.3) is 5.31 Å². The third kappa shape index (κ3) is 3.13. The Labute approximate surface area is 201 Å². The van der Waals surface area contributed by atoms with Gasteiger partial charge in [0.05, 0.1) is 5.66 Å². The molecule has 0 radical (unpaired) electrons. The van der Waals surface area contributed by atoms with Crippen molar-refractivity contribution >= 4 is 29.1 Å². The van der Waals surface area contributed by atoms with Crippen LogP contribution >= 0.6 is 6.04 Å². The highest BCUT2D eigenvalue weighted by Crippen LogP contribution is 2.83. The van der Waals surface area contributed by atoms with Gasteiger partial charge >= 0.3 is 0 Å². The summed E-state index contributed by atoms with van der Waals surface area (Å²) in [5.41, 5.74) is 5.50. The number of rotatable bonds is 4. The van der Waals surface area contributed by atoms with E-state index in [0.29, 0.717) is 12.5 Å². The SMILES string of the molecule is CC1=C(c2ccccc2)[P@@]2(=S)C[C@@]1(C)[C@H](c1ccccc1)[C@@H]2C1=NC(c2ccccc2)CO1. The maximum absolute atomic E-state index is 6.75. The first-order valence-electron chi connectivity index (χ1n) is 11.7. The molecule has 3 aliphatic rings. The molecule has 3 heterocycles. The van der Waals surface area contributed by atoms with Gasteiger partial charge in [-0.05, 0) is 41.1 Å². The summed E-state index contributed by atoms with van der Waals surface area (Å²) in [5.74, 6) is 1.19. The van der Waals surface area contributed by atoms with Gasteiger partial charge in [-0.15, -0.1) is 0 Å². The predicted octanol–water partition coefficient (Wildman–Crippen LogP) is 7.25. The van der Waals surface area contributed by atoms with E-state index in [1.54, 1.807) is 0 Å². The fourth-order valence-corrected chi connectivity index (χ4v) is 13.5. The van der Waals surface area contributed by atoms with Crippen molar-refractivity contribution in [3.63, 3.8) is 0 Å². The third-order valence-electron chi connectivity index (χ3n) is 7.92. The highest BCUT2D eigenvalue weighted by Gasteiger charge is 2.64. The molecule has 1 unspecified atom stereocenters. The second kappa shape index (κ2) is 7.79. The lowest BCUT2D eigenvalue weighted by Crippen LogP contribution is -2.35. The normalized spacial score (nSPS) is 32.7. The Bertz CT molecular complexity index is 1300. The Morgan fingerprint density at radius 3 is 2.09 bits per heavy atom. The van der Waals surface area contributed by atoms with E-state index in [1.807, 2.05) is 0 Å². The van der Waals surface area contributed by atoms with Gasteiger partial charge in [-0.2, -0.15) is 0 Å². The summed E-state index contributed by atoms with van der Waals surface area (Å²) in [6, 6.07) is 30.3. The molecule has 3 aromatic rings. The lowest BCUT2D eigenvalue weighted by molar-refractivity contribution is 0.300. The minimum Gasteiger partial charge on any atom is -0.478 e. The topological polar surface area (TPSA) is 21.6 Å². The van der Waals surface area contributed by atoms with Gasteiger partial charge in [0.15, 0.2) is 5.90 Å². The Morgan fingerprint density at radius 2 is 1.45 bits per heavy atom. The highest BCUT2D eigenvalue weighted by molar-refractivity contribution is 8.20. The first kappa shape index (κ1) is 21.1. The summed E-state index contributed by atoms with van der Waals surface area (Å²) in [6.45, 7) is 5.36. The smallest absolute Gasteiger partial charge is 0.193 e. The van der Waals surface area contributed by atoms with Crippen LogP contribution in [0.15, 0.2) is 102 Å². The molecule has 0 amide bonds. The fourth-order valence-electron chi connectivity index (χ4n) is 6.36. The van der Waals surface area contributed by atoms with Gasteiger partial charge in [-0.1, -0.05) is 115 Å². The molecule has 3 aliphatic heterocycles. The zero-order valence-corrected chi connectivity index (χ0v) is 20.7. The molecule has 5 atom stereocenters. The summed E-state index contributed by atoms with van der Waals surface area (Å²) in [5, 5.41) is 1.42. The monoisotopic (exact) mass is 469 g/mol. The van der Waals surface area contributed by atoms with Crippen LogP contribution in [-0.2, 0) is 16.5 Å². The van der Waals surface area contributed by atoms with Crippen molar-refractivity contribution in [2.24, 2.45) is 10.4 Å². The summed E-state index contributed by atoms with van der Waals surface area (Å²) in [7, 11) is 0. The van der Waals surface area contributed by atoms with Crippen LogP contribution in [0.1, 0.15) is 42.5 Å². The van der Waals surface area contributed by atoms with Crippen LogP contribution in [0, 0.1) is 5.41 Å². The van der Waals surface area contributed by atoms with E-state index in [4.69, 9.17) is 21.5 Å². The second-order valence-electron chi connectivity index (χ2n) is 9.75. The fraction of sp³-hybridized carbons (Fsp3) is 0.276. The molecule has 3 aromatic carbocycles. The van der Waals surface area contributed by atoms with Crippen molar-refractivity contribution in [3.8, 4) is 0 Å². The van der Waals surface area contributed by atoms with E-state index < -0.39 is 6.04 Å². The quantitative estimate of drug-likeness (QED) is 0.375. The number of hydrogen-bond donors (Lipinski definition) is 0. The number of fused-ring (bicyclic) bond motifs is 2. The maximum atomic E-state index is 6.75. The summed E-state index contributed by atoms with van der Waals surface area (Å²) < 4.78 is 6.43. The van der Waals surface area contributed by atoms with E-state index in [2.05, 4.69) is 105 Å². The zero-order valence-electron chi connectivity index (χ0n) is 19.0. The van der Waals surface area contributed by atoms with Crippen LogP contribution in [0.2, 0.25) is 0 Å². The Kier molecular flexibility index (Phi) is 4.98. The molecular weight excluding hydrogens is 441 g/mol. The maximum Gasteiger partial charge on any atom is 0.193 e. The van der Waals surface area contributed by atoms with E-state index in [-0.39, 0.29) is 17.1 Å². The lowest BCUT2D eigenvalue weighted by atomic mass is 9.68.